The Kier molecular flexibility index (Phi) is 10.3. The summed E-state index contributed by atoms with van der Waals surface area (Å²) in [5, 5.41) is 20.1. The second kappa shape index (κ2) is 14.3. The van der Waals surface area contributed by atoms with Gasteiger partial charge in [-0.05, 0) is 63.6 Å². The molecule has 1 aliphatic carbocycles. The molecule has 3 aliphatic rings. The average molecular weight is 570 g/mol. The Morgan fingerprint density at radius 1 is 1.20 bits per heavy atom. The predicted octanol–water partition coefficient (Wildman–Crippen LogP) is 1.76. The molecule has 11 heteroatoms. The zero-order valence-electron chi connectivity index (χ0n) is 23.9. The third-order valence-corrected chi connectivity index (χ3v) is 8.00. The lowest BCUT2D eigenvalue weighted by Crippen LogP contribution is -2.54. The van der Waals surface area contributed by atoms with Crippen molar-refractivity contribution < 1.29 is 28.9 Å². The van der Waals surface area contributed by atoms with E-state index in [2.05, 4.69) is 28.3 Å². The minimum absolute atomic E-state index is 0.00852. The van der Waals surface area contributed by atoms with Gasteiger partial charge in [0.2, 0.25) is 5.91 Å². The summed E-state index contributed by atoms with van der Waals surface area (Å²) >= 11 is 0. The maximum Gasteiger partial charge on any atom is 0.253 e. The fraction of sp³-hybridized carbons (Fsp3) is 0.633. The Balaban J connectivity index is 1.26. The van der Waals surface area contributed by atoms with E-state index in [1.54, 1.807) is 0 Å². The molecule has 224 valence electrons. The third-order valence-electron chi connectivity index (χ3n) is 8.00. The topological polar surface area (TPSA) is 127 Å². The van der Waals surface area contributed by atoms with Gasteiger partial charge >= 0.3 is 0 Å². The van der Waals surface area contributed by atoms with Crippen molar-refractivity contribution in [3.63, 3.8) is 0 Å². The van der Waals surface area contributed by atoms with Gasteiger partial charge < -0.3 is 34.9 Å². The number of hydrogen-bond donors (Lipinski definition) is 3. The first kappa shape index (κ1) is 29.5. The second-order valence-corrected chi connectivity index (χ2v) is 11.1. The molecule has 2 saturated heterocycles. The van der Waals surface area contributed by atoms with Crippen LogP contribution in [0, 0.1) is 0 Å². The number of nitrogens with one attached hydrogen (secondary N) is 2. The number of rotatable bonds is 13. The molecule has 41 heavy (non-hydrogen) atoms. The van der Waals surface area contributed by atoms with E-state index in [-0.39, 0.29) is 36.0 Å². The van der Waals surface area contributed by atoms with Crippen LogP contribution in [0.3, 0.4) is 0 Å². The number of carbonyl (C=O) groups excluding carboxylic acids is 2. The van der Waals surface area contributed by atoms with Crippen LogP contribution in [0.4, 0.5) is 0 Å². The molecule has 0 spiro atoms. The van der Waals surface area contributed by atoms with Crippen LogP contribution in [0.5, 0.6) is 5.75 Å². The van der Waals surface area contributed by atoms with E-state index in [4.69, 9.17) is 24.4 Å². The molecule has 5 rings (SSSR count). The SMILES string of the molecule is C[C@@H](c1cc(CCCNC(=O)CO)n(C2CCOCC2)n1)N(C(=O)[C@H]1CNC[C@@H](COc2ccccc2)O1)C1CC1. The highest BCUT2D eigenvalue weighted by Gasteiger charge is 2.42. The molecule has 3 heterocycles. The Morgan fingerprint density at radius 2 is 1.98 bits per heavy atom. The number of aryl methyl sites for hydroxylation is 1. The summed E-state index contributed by atoms with van der Waals surface area (Å²) in [4.78, 5) is 27.3. The number of ether oxygens (including phenoxy) is 3. The zero-order chi connectivity index (χ0) is 28.6. The molecule has 0 radical (unpaired) electrons. The van der Waals surface area contributed by atoms with Gasteiger partial charge in [0.15, 0.2) is 0 Å². The minimum atomic E-state index is -0.580. The van der Waals surface area contributed by atoms with Crippen LogP contribution in [-0.2, 0) is 25.5 Å². The molecule has 1 saturated carbocycles. The Hall–Kier alpha value is -2.99. The smallest absolute Gasteiger partial charge is 0.253 e. The lowest BCUT2D eigenvalue weighted by Gasteiger charge is -2.36. The van der Waals surface area contributed by atoms with Gasteiger partial charge in [0, 0.05) is 44.6 Å². The van der Waals surface area contributed by atoms with Crippen LogP contribution in [0.25, 0.3) is 0 Å². The molecule has 1 aromatic heterocycles. The van der Waals surface area contributed by atoms with Gasteiger partial charge in [0.25, 0.3) is 5.91 Å². The summed E-state index contributed by atoms with van der Waals surface area (Å²) in [5.74, 6) is 0.402. The molecular weight excluding hydrogens is 526 g/mol. The Bertz CT molecular complexity index is 1130. The number of nitrogens with zero attached hydrogens (tertiary/aromatic N) is 3. The summed E-state index contributed by atoms with van der Waals surface area (Å²) in [7, 11) is 0. The van der Waals surface area contributed by atoms with Gasteiger partial charge in [-0.25, -0.2) is 0 Å². The molecule has 1 aromatic carbocycles. The lowest BCUT2D eigenvalue weighted by molar-refractivity contribution is -0.155. The van der Waals surface area contributed by atoms with Crippen LogP contribution in [0.15, 0.2) is 36.4 Å². The molecular formula is C30H43N5O6. The maximum atomic E-state index is 13.9. The second-order valence-electron chi connectivity index (χ2n) is 11.1. The standard InChI is InChI=1S/C30H43N5O6/c1-21(27-16-24(6-5-13-32-29(37)19-36)35(33-27)23-11-14-39-15-12-23)34(22-9-10-22)30(38)28-18-31-17-26(41-28)20-40-25-7-3-2-4-8-25/h2-4,7-8,16,21-23,26,28,31,36H,5-6,9-15,17-20H2,1H3,(H,32,37)/t21-,26-,28+/m0/s1. The number of benzene rings is 1. The predicted molar refractivity (Wildman–Crippen MR) is 151 cm³/mol. The molecule has 2 aromatic rings. The summed E-state index contributed by atoms with van der Waals surface area (Å²) in [6.07, 6.45) is 4.41. The normalized spacial score (nSPS) is 22.2. The molecule has 3 N–H and O–H groups in total. The van der Waals surface area contributed by atoms with E-state index >= 15 is 0 Å². The van der Waals surface area contributed by atoms with Crippen molar-refractivity contribution in [1.82, 2.24) is 25.3 Å². The number of para-hydroxylation sites is 1. The fourth-order valence-electron chi connectivity index (χ4n) is 5.65. The Labute approximate surface area is 241 Å². The van der Waals surface area contributed by atoms with Crippen molar-refractivity contribution in [2.75, 3.05) is 46.1 Å². The number of amides is 2. The lowest BCUT2D eigenvalue weighted by atomic mass is 10.1. The van der Waals surface area contributed by atoms with Crippen LogP contribution in [-0.4, -0.2) is 95.9 Å². The molecule has 3 atom stereocenters. The van der Waals surface area contributed by atoms with Crippen LogP contribution >= 0.6 is 0 Å². The highest BCUT2D eigenvalue weighted by Crippen LogP contribution is 2.36. The summed E-state index contributed by atoms with van der Waals surface area (Å²) in [6.45, 7) is 4.92. The largest absolute Gasteiger partial charge is 0.491 e. The highest BCUT2D eigenvalue weighted by atomic mass is 16.5. The van der Waals surface area contributed by atoms with Gasteiger partial charge in [-0.3, -0.25) is 14.3 Å². The monoisotopic (exact) mass is 569 g/mol. The molecule has 2 amide bonds. The summed E-state index contributed by atoms with van der Waals surface area (Å²) in [5.41, 5.74) is 1.97. The van der Waals surface area contributed by atoms with Crippen LogP contribution < -0.4 is 15.4 Å². The van der Waals surface area contributed by atoms with E-state index in [1.165, 1.54) is 0 Å². The first-order chi connectivity index (χ1) is 20.0. The van der Waals surface area contributed by atoms with Crippen molar-refractivity contribution in [1.29, 1.82) is 0 Å². The minimum Gasteiger partial charge on any atom is -0.491 e. The van der Waals surface area contributed by atoms with Crippen LogP contribution in [0.2, 0.25) is 0 Å². The number of carbonyl (C=O) groups is 2. The van der Waals surface area contributed by atoms with E-state index in [1.807, 2.05) is 35.2 Å². The molecule has 2 aliphatic heterocycles. The van der Waals surface area contributed by atoms with Crippen LogP contribution in [0.1, 0.15) is 62.5 Å². The van der Waals surface area contributed by atoms with Gasteiger partial charge in [-0.1, -0.05) is 18.2 Å². The quantitative estimate of drug-likeness (QED) is 0.312. The number of aliphatic hydroxyl groups excluding tert-OH is 1. The van der Waals surface area contributed by atoms with Crippen molar-refractivity contribution in [2.45, 2.75) is 75.8 Å². The van der Waals surface area contributed by atoms with Crippen molar-refractivity contribution >= 4 is 11.8 Å². The van der Waals surface area contributed by atoms with Gasteiger partial charge in [0.05, 0.1) is 17.8 Å². The van der Waals surface area contributed by atoms with Gasteiger partial charge in [0.1, 0.15) is 31.2 Å². The first-order valence-electron chi connectivity index (χ1n) is 14.9. The average Bonchev–Trinajstić information content (AvgIpc) is 3.76. The van der Waals surface area contributed by atoms with E-state index in [9.17, 15) is 9.59 Å². The van der Waals surface area contributed by atoms with E-state index in [0.717, 1.165) is 55.7 Å². The molecule has 0 bridgehead atoms. The van der Waals surface area contributed by atoms with Crippen molar-refractivity contribution in [3.05, 3.63) is 47.8 Å². The molecule has 11 nitrogen and oxygen atoms in total. The van der Waals surface area contributed by atoms with Crippen molar-refractivity contribution in [2.24, 2.45) is 0 Å². The Morgan fingerprint density at radius 3 is 2.71 bits per heavy atom. The van der Waals surface area contributed by atoms with E-state index in [0.29, 0.717) is 39.5 Å². The van der Waals surface area contributed by atoms with Gasteiger partial charge in [-0.15, -0.1) is 0 Å². The molecule has 0 unspecified atom stereocenters. The highest BCUT2D eigenvalue weighted by molar-refractivity contribution is 5.82. The zero-order valence-corrected chi connectivity index (χ0v) is 23.9. The number of morpholine rings is 1. The fourth-order valence-corrected chi connectivity index (χ4v) is 5.65. The first-order valence-corrected chi connectivity index (χ1v) is 14.9. The molecule has 3 fully saturated rings. The number of hydrogen-bond acceptors (Lipinski definition) is 8. The van der Waals surface area contributed by atoms with Crippen molar-refractivity contribution in [3.8, 4) is 5.75 Å². The number of aliphatic hydroxyl groups is 1. The number of aromatic nitrogens is 2. The van der Waals surface area contributed by atoms with E-state index < -0.39 is 12.7 Å². The third kappa shape index (κ3) is 7.85. The summed E-state index contributed by atoms with van der Waals surface area (Å²) in [6, 6.07) is 12.0. The summed E-state index contributed by atoms with van der Waals surface area (Å²) < 4.78 is 19.9. The van der Waals surface area contributed by atoms with Gasteiger partial charge in [-0.2, -0.15) is 5.10 Å². The maximum absolute atomic E-state index is 13.9.